The van der Waals surface area contributed by atoms with Gasteiger partial charge in [0.05, 0.1) is 10.2 Å². The molecule has 0 aliphatic heterocycles. The van der Waals surface area contributed by atoms with E-state index in [-0.39, 0.29) is 0 Å². The fourth-order valence-corrected chi connectivity index (χ4v) is 7.68. The summed E-state index contributed by atoms with van der Waals surface area (Å²) in [6, 6.07) is 26.2. The van der Waals surface area contributed by atoms with Gasteiger partial charge in [0.1, 0.15) is 19.6 Å². The Kier molecular flexibility index (Phi) is 13.4. The lowest BCUT2D eigenvalue weighted by molar-refractivity contribution is 1.07. The van der Waals surface area contributed by atoms with Crippen LogP contribution in [-0.4, -0.2) is 34.5 Å². The van der Waals surface area contributed by atoms with Crippen LogP contribution in [0.1, 0.15) is 41.1 Å². The molecule has 7 heteroatoms. The summed E-state index contributed by atoms with van der Waals surface area (Å²) in [4.78, 5) is 19.8. The number of hydrogen-bond donors (Lipinski definition) is 0. The van der Waals surface area contributed by atoms with Crippen LogP contribution in [0.15, 0.2) is 146 Å². The van der Waals surface area contributed by atoms with Gasteiger partial charge < -0.3 is 0 Å². The SMILES string of the molecule is C=C/C=C(\C=C(/C)C(=CC)/C=c1/c(C=C)c(/C=C\BC)c(C=C)c(/C=C\BC)c1=C)c1nc2ccc(-c3nc(-c4ccccc4)nc(-c4ccccc4)n3)cc2s1. The molecule has 0 fully saturated rings. The third kappa shape index (κ3) is 9.01. The molecule has 0 amide bonds. The van der Waals surface area contributed by atoms with Crippen LogP contribution in [0.5, 0.6) is 0 Å². The summed E-state index contributed by atoms with van der Waals surface area (Å²) in [5, 5.41) is 2.87. The monoisotopic (exact) mass is 756 g/mol. The molecule has 0 spiro atoms. The summed E-state index contributed by atoms with van der Waals surface area (Å²) in [7, 11) is 1.85. The van der Waals surface area contributed by atoms with Gasteiger partial charge in [0.15, 0.2) is 17.5 Å². The Morgan fingerprint density at radius 2 is 1.26 bits per heavy atom. The largest absolute Gasteiger partial charge is 0.236 e. The smallest absolute Gasteiger partial charge is 0.164 e. The third-order valence-corrected chi connectivity index (χ3v) is 10.7. The van der Waals surface area contributed by atoms with Crippen LogP contribution >= 0.6 is 11.3 Å². The molecule has 6 aromatic rings. The van der Waals surface area contributed by atoms with Crippen LogP contribution in [0.25, 0.3) is 86.9 Å². The quantitative estimate of drug-likeness (QED) is 0.0820. The standard InChI is InChI=1S/C50H46B2N4S/c1-9-19-39(30-33(5)35(10-2)31-44-34(6)42(26-28-51-7)40(11-3)43(27-29-52-8)41(44)12-4)50-53-45-25-24-38(32-46(45)57-50)49-55-47(36-20-15-13-16-21-36)54-48(56-49)37-22-17-14-18-23-37/h9-32,51-52H,1,3-4,6H2,2,5,7-8H3/b28-26-,29-27-,33-30+,35-10?,39-19+,44-31+. The Hall–Kier alpha value is -6.43. The average Bonchev–Trinajstić information content (AvgIpc) is 3.68. The van der Waals surface area contributed by atoms with Gasteiger partial charge in [-0.2, -0.15) is 0 Å². The van der Waals surface area contributed by atoms with E-state index in [0.717, 1.165) is 95.9 Å². The van der Waals surface area contributed by atoms with Crippen molar-refractivity contribution in [3.05, 3.63) is 184 Å². The van der Waals surface area contributed by atoms with Crippen molar-refractivity contribution in [1.29, 1.82) is 0 Å². The predicted octanol–water partition coefficient (Wildman–Crippen LogP) is 11.0. The molecule has 6 rings (SSSR count). The van der Waals surface area contributed by atoms with Crippen molar-refractivity contribution >= 4 is 78.6 Å². The maximum absolute atomic E-state index is 5.09. The van der Waals surface area contributed by atoms with E-state index in [1.807, 2.05) is 97.1 Å². The van der Waals surface area contributed by atoms with E-state index in [9.17, 15) is 0 Å². The Morgan fingerprint density at radius 1 is 0.684 bits per heavy atom. The molecule has 278 valence electrons. The minimum Gasteiger partial charge on any atom is -0.236 e. The first-order valence-electron chi connectivity index (χ1n) is 19.3. The van der Waals surface area contributed by atoms with Gasteiger partial charge in [-0.1, -0.05) is 143 Å². The second-order valence-electron chi connectivity index (χ2n) is 13.4. The Morgan fingerprint density at radius 3 is 1.81 bits per heavy atom. The maximum atomic E-state index is 5.09. The maximum Gasteiger partial charge on any atom is 0.164 e. The molecule has 0 N–H and O–H groups in total. The van der Waals surface area contributed by atoms with E-state index in [4.69, 9.17) is 19.9 Å². The highest BCUT2D eigenvalue weighted by molar-refractivity contribution is 7.19. The second kappa shape index (κ2) is 18.9. The Bertz CT molecular complexity index is 2680. The molecule has 2 aromatic heterocycles. The van der Waals surface area contributed by atoms with Crippen molar-refractivity contribution in [1.82, 2.24) is 19.9 Å². The first-order chi connectivity index (χ1) is 27.8. The van der Waals surface area contributed by atoms with Crippen molar-refractivity contribution in [2.45, 2.75) is 27.5 Å². The van der Waals surface area contributed by atoms with Crippen LogP contribution < -0.4 is 10.4 Å². The fraction of sp³-hybridized carbons (Fsp3) is 0.0800. The van der Waals surface area contributed by atoms with E-state index in [1.54, 1.807) is 11.3 Å². The first kappa shape index (κ1) is 40.2. The van der Waals surface area contributed by atoms with Crippen LogP contribution in [0.4, 0.5) is 0 Å². The van der Waals surface area contributed by atoms with Crippen molar-refractivity contribution < 1.29 is 0 Å². The van der Waals surface area contributed by atoms with Gasteiger partial charge in [0.25, 0.3) is 0 Å². The molecular formula is C50H46B2N4S. The van der Waals surface area contributed by atoms with E-state index < -0.39 is 0 Å². The number of thiazole rings is 1. The summed E-state index contributed by atoms with van der Waals surface area (Å²) in [5.74, 6) is 6.21. The molecule has 0 saturated carbocycles. The van der Waals surface area contributed by atoms with E-state index in [0.29, 0.717) is 17.5 Å². The lowest BCUT2D eigenvalue weighted by atomic mass is 9.79. The highest BCUT2D eigenvalue weighted by Crippen LogP contribution is 2.33. The Labute approximate surface area is 342 Å². The minimum absolute atomic E-state index is 0.608. The Balaban J connectivity index is 1.43. The zero-order valence-electron chi connectivity index (χ0n) is 33.3. The molecular weight excluding hydrogens is 710 g/mol. The molecule has 0 unspecified atom stereocenters. The number of nitrogens with zero attached hydrogens (tertiary/aromatic N) is 4. The summed E-state index contributed by atoms with van der Waals surface area (Å²) >= 11 is 1.63. The van der Waals surface area contributed by atoms with E-state index in [1.165, 1.54) is 0 Å². The number of rotatable bonds is 14. The summed E-state index contributed by atoms with van der Waals surface area (Å²) < 4.78 is 1.03. The molecule has 0 aliphatic carbocycles. The van der Waals surface area contributed by atoms with Gasteiger partial charge in [0.2, 0.25) is 0 Å². The second-order valence-corrected chi connectivity index (χ2v) is 14.4. The highest BCUT2D eigenvalue weighted by Gasteiger charge is 2.16. The number of aromatic nitrogens is 4. The molecule has 57 heavy (non-hydrogen) atoms. The van der Waals surface area contributed by atoms with Crippen LogP contribution in [0, 0.1) is 0 Å². The van der Waals surface area contributed by atoms with Crippen LogP contribution in [0.3, 0.4) is 0 Å². The van der Waals surface area contributed by atoms with Gasteiger partial charge >= 0.3 is 0 Å². The van der Waals surface area contributed by atoms with Gasteiger partial charge in [-0.3, -0.25) is 0 Å². The molecule has 2 heterocycles. The number of benzene rings is 4. The van der Waals surface area contributed by atoms with Crippen molar-refractivity contribution in [2.75, 3.05) is 0 Å². The number of fused-ring (bicyclic) bond motifs is 1. The summed E-state index contributed by atoms with van der Waals surface area (Å²) in [5.41, 5.74) is 11.0. The average molecular weight is 757 g/mol. The first-order valence-corrected chi connectivity index (χ1v) is 20.1. The highest BCUT2D eigenvalue weighted by atomic mass is 32.1. The molecule has 4 aromatic carbocycles. The van der Waals surface area contributed by atoms with Crippen molar-refractivity contribution in [3.8, 4) is 34.2 Å². The van der Waals surface area contributed by atoms with Crippen LogP contribution in [-0.2, 0) is 0 Å². The number of hydrogen-bond acceptors (Lipinski definition) is 5. The molecule has 4 nitrogen and oxygen atoms in total. The third-order valence-electron chi connectivity index (χ3n) is 9.59. The van der Waals surface area contributed by atoms with Gasteiger partial charge in [0, 0.05) is 22.3 Å². The topological polar surface area (TPSA) is 51.6 Å². The molecule has 0 atom stereocenters. The van der Waals surface area contributed by atoms with Crippen molar-refractivity contribution in [2.24, 2.45) is 0 Å². The number of allylic oxidation sites excluding steroid dienone is 7. The fourth-order valence-electron chi connectivity index (χ4n) is 6.68. The van der Waals surface area contributed by atoms with Gasteiger partial charge in [-0.25, -0.2) is 19.9 Å². The minimum atomic E-state index is 0.608. The lowest BCUT2D eigenvalue weighted by Crippen LogP contribution is -2.31. The lowest BCUT2D eigenvalue weighted by Gasteiger charge is -2.14. The molecule has 0 radical (unpaired) electrons. The van der Waals surface area contributed by atoms with Gasteiger partial charge in [-0.05, 0) is 88.0 Å². The zero-order chi connectivity index (χ0) is 40.3. The molecule has 0 aliphatic rings. The predicted molar refractivity (Wildman–Crippen MR) is 255 cm³/mol. The summed E-state index contributed by atoms with van der Waals surface area (Å²) in [6.45, 7) is 25.5. The normalized spacial score (nSPS) is 12.8. The van der Waals surface area contributed by atoms with E-state index in [2.05, 4.69) is 102 Å². The molecule has 0 bridgehead atoms. The van der Waals surface area contributed by atoms with Crippen LogP contribution in [0.2, 0.25) is 13.6 Å². The van der Waals surface area contributed by atoms with Crippen molar-refractivity contribution in [3.63, 3.8) is 0 Å². The summed E-state index contributed by atoms with van der Waals surface area (Å²) in [6.07, 6.45) is 18.6. The van der Waals surface area contributed by atoms with Gasteiger partial charge in [-0.15, -0.1) is 23.3 Å². The zero-order valence-corrected chi connectivity index (χ0v) is 34.1. The molecule has 0 saturated heterocycles. The van der Waals surface area contributed by atoms with E-state index >= 15 is 0 Å².